The summed E-state index contributed by atoms with van der Waals surface area (Å²) in [6.07, 6.45) is 40.6. The van der Waals surface area contributed by atoms with Crippen molar-refractivity contribution < 1.29 is 47.0 Å². The van der Waals surface area contributed by atoms with Crippen molar-refractivity contribution in [2.45, 2.75) is 232 Å². The van der Waals surface area contributed by atoms with Crippen LogP contribution in [0.3, 0.4) is 0 Å². The number of nitrogens with zero attached hydrogens (tertiary/aromatic N) is 2. The molecule has 0 radical (unpaired) electrons. The van der Waals surface area contributed by atoms with E-state index in [1.807, 2.05) is 0 Å². The van der Waals surface area contributed by atoms with E-state index in [1.54, 1.807) is 4.90 Å². The van der Waals surface area contributed by atoms with Crippen molar-refractivity contribution in [3.8, 4) is 0 Å². The molecule has 5 amide bonds. The maximum atomic E-state index is 13.3. The van der Waals surface area contributed by atoms with Gasteiger partial charge in [0.1, 0.15) is 6.04 Å². The number of carbonyl (C=O) groups excluding carboxylic acids is 5. The van der Waals surface area contributed by atoms with Crippen LogP contribution >= 0.6 is 0 Å². The van der Waals surface area contributed by atoms with Gasteiger partial charge in [-0.3, -0.25) is 29.0 Å². The molecule has 0 aliphatic heterocycles. The molecule has 416 valence electrons. The summed E-state index contributed by atoms with van der Waals surface area (Å²) in [5, 5.41) is 15.6. The molecule has 18 heteroatoms. The zero-order valence-corrected chi connectivity index (χ0v) is 44.4. The van der Waals surface area contributed by atoms with Gasteiger partial charge in [0.25, 0.3) is 0 Å². The summed E-state index contributed by atoms with van der Waals surface area (Å²) < 4.78 is 31.7. The number of carboxylic acid groups (broad SMARTS) is 1. The summed E-state index contributed by atoms with van der Waals surface area (Å²) in [4.78, 5) is 77.3. The number of alkyl halides is 3. The number of hydrogen-bond acceptors (Lipinski definition) is 7. The number of rotatable bonds is 46. The van der Waals surface area contributed by atoms with Crippen molar-refractivity contribution >= 4 is 41.5 Å². The highest BCUT2D eigenvalue weighted by Gasteiger charge is 2.38. The molecule has 0 heterocycles. The number of amides is 5. The van der Waals surface area contributed by atoms with Gasteiger partial charge in [-0.25, -0.2) is 4.79 Å². The fraction of sp³-hybridized carbons (Fsp3) is 0.759. The second-order valence-corrected chi connectivity index (χ2v) is 18.4. The number of halogens is 3. The zero-order valence-electron chi connectivity index (χ0n) is 44.4. The Morgan fingerprint density at radius 1 is 0.556 bits per heavy atom. The number of allylic oxidation sites excluding steroid dienone is 4. The van der Waals surface area contributed by atoms with Crippen molar-refractivity contribution in [1.82, 2.24) is 20.9 Å². The second-order valence-electron chi connectivity index (χ2n) is 18.4. The summed E-state index contributed by atoms with van der Waals surface area (Å²) in [6, 6.07) is -0.946. The topological polar surface area (TPSA) is 252 Å². The van der Waals surface area contributed by atoms with Crippen molar-refractivity contribution in [2.24, 2.45) is 22.2 Å². The number of unbranched alkanes of at least 4 members (excludes halogenated alkanes) is 22. The van der Waals surface area contributed by atoms with Crippen LogP contribution < -0.4 is 33.2 Å². The van der Waals surface area contributed by atoms with Crippen molar-refractivity contribution in [2.75, 3.05) is 32.7 Å². The van der Waals surface area contributed by atoms with Gasteiger partial charge in [0, 0.05) is 57.7 Å². The number of nitrogens with one attached hydrogen (secondary N) is 3. The van der Waals surface area contributed by atoms with Crippen molar-refractivity contribution in [1.29, 1.82) is 0 Å². The Kier molecular flexibility index (Phi) is 47.7. The highest BCUT2D eigenvalue weighted by atomic mass is 19.4. The molecule has 15 nitrogen and oxygen atoms in total. The molecule has 0 spiro atoms. The number of aliphatic imine (C=N–C) groups is 1. The molecule has 0 aliphatic rings. The van der Waals surface area contributed by atoms with Gasteiger partial charge >= 0.3 is 12.1 Å². The lowest BCUT2D eigenvalue weighted by atomic mass is 10.1. The quantitative estimate of drug-likeness (QED) is 0.0101. The summed E-state index contributed by atoms with van der Waals surface area (Å²) in [6.45, 7) is 6.34. The van der Waals surface area contributed by atoms with E-state index in [-0.39, 0.29) is 36.6 Å². The summed E-state index contributed by atoms with van der Waals surface area (Å²) in [5.74, 6) is -4.53. The van der Waals surface area contributed by atoms with Gasteiger partial charge in [-0.2, -0.15) is 13.2 Å². The van der Waals surface area contributed by atoms with Gasteiger partial charge in [-0.05, 0) is 89.9 Å². The molecule has 0 aromatic heterocycles. The maximum Gasteiger partial charge on any atom is 0.490 e. The summed E-state index contributed by atoms with van der Waals surface area (Å²) in [7, 11) is 0. The molecule has 0 aromatic rings. The van der Waals surface area contributed by atoms with Gasteiger partial charge in [0.2, 0.25) is 29.5 Å². The average molecular weight is 1030 g/mol. The highest BCUT2D eigenvalue weighted by molar-refractivity contribution is 5.98. The van der Waals surface area contributed by atoms with Gasteiger partial charge in [0.05, 0.1) is 0 Å². The van der Waals surface area contributed by atoms with E-state index in [1.165, 1.54) is 122 Å². The van der Waals surface area contributed by atoms with Crippen LogP contribution in [0.5, 0.6) is 0 Å². The molecule has 1 atom stereocenters. The Labute approximate surface area is 431 Å². The molecule has 0 fully saturated rings. The molecular formula is C54H97F3N8O7. The molecule has 0 aromatic carbocycles. The number of carbonyl (C=O) groups is 6. The number of hydrogen-bond donors (Lipinski definition) is 7. The number of guanidine groups is 1. The Morgan fingerprint density at radius 2 is 0.931 bits per heavy atom. The van der Waals surface area contributed by atoms with E-state index in [9.17, 15) is 37.1 Å². The minimum Gasteiger partial charge on any atom is -0.475 e. The van der Waals surface area contributed by atoms with Crippen LogP contribution in [0, 0.1) is 0 Å². The van der Waals surface area contributed by atoms with Crippen LogP contribution in [0.1, 0.15) is 219 Å². The lowest BCUT2D eigenvalue weighted by Gasteiger charge is -2.21. The number of aliphatic carboxylic acids is 1. The number of carboxylic acids is 1. The molecule has 0 aliphatic carbocycles. The summed E-state index contributed by atoms with van der Waals surface area (Å²) in [5.41, 5.74) is 16.2. The third-order valence-corrected chi connectivity index (χ3v) is 11.7. The molecular weight excluding hydrogens is 930 g/mol. The maximum absolute atomic E-state index is 13.3. The Morgan fingerprint density at radius 3 is 1.29 bits per heavy atom. The van der Waals surface area contributed by atoms with Crippen molar-refractivity contribution in [3.63, 3.8) is 0 Å². The molecule has 0 bridgehead atoms. The van der Waals surface area contributed by atoms with E-state index in [0.29, 0.717) is 58.3 Å². The van der Waals surface area contributed by atoms with E-state index < -0.39 is 30.0 Å². The van der Waals surface area contributed by atoms with Gasteiger partial charge in [-0.1, -0.05) is 141 Å². The second kappa shape index (κ2) is 49.7. The zero-order chi connectivity index (χ0) is 53.9. The standard InChI is InChI=1S/C52H96N8O5.C2HF3O2/c1-3-5-7-9-11-13-15-17-19-21-23-25-27-29-31-37-47(61)56-42-34-44-60(50(64)40-39-49(63)59-46(51(53)65)36-33-41-58-52(54)55)45-35-43-57-48(62)38-32-30-28-26-24-22-20-18-16-14-12-10-8-6-4-2;3-2(4,5)1(6)7/h17-20,39-40,46H,3-16,21-38,41-45H2,1-2H3,(H2,53,65)(H,56,61)(H,57,62)(H,59,63)(H4,54,55,58);(H,6,7)/b19-17-,20-18-,40-39-;/t46-;/m0./s1. The average Bonchev–Trinajstić information content (AvgIpc) is 3.33. The van der Waals surface area contributed by atoms with E-state index in [4.69, 9.17) is 27.1 Å². The van der Waals surface area contributed by atoms with Crippen LogP contribution in [-0.4, -0.2) is 96.4 Å². The molecule has 0 saturated carbocycles. The predicted molar refractivity (Wildman–Crippen MR) is 285 cm³/mol. The third kappa shape index (κ3) is 50.1. The first-order valence-corrected chi connectivity index (χ1v) is 27.3. The van der Waals surface area contributed by atoms with Gasteiger partial charge < -0.3 is 43.2 Å². The van der Waals surface area contributed by atoms with E-state index in [2.05, 4.69) is 59.1 Å². The first kappa shape index (κ1) is 69.2. The Bertz CT molecular complexity index is 1480. The van der Waals surface area contributed by atoms with Crippen LogP contribution in [0.25, 0.3) is 0 Å². The minimum atomic E-state index is -5.08. The van der Waals surface area contributed by atoms with Crippen LogP contribution in [0.2, 0.25) is 0 Å². The summed E-state index contributed by atoms with van der Waals surface area (Å²) >= 11 is 0. The first-order valence-electron chi connectivity index (χ1n) is 27.3. The normalized spacial score (nSPS) is 11.8. The number of primary amides is 1. The van der Waals surface area contributed by atoms with E-state index in [0.717, 1.165) is 57.4 Å². The fourth-order valence-electron chi connectivity index (χ4n) is 7.48. The number of nitrogens with two attached hydrogens (primary N) is 3. The first-order chi connectivity index (χ1) is 34.5. The highest BCUT2D eigenvalue weighted by Crippen LogP contribution is 2.14. The SMILES string of the molecule is CCCCCCCC/C=C\CCCCCCCC(=O)NCCCN(CCCNC(=O)CCCCCCC/C=C\CCCCCCCC)C(=O)/C=C\C(=O)N[C@@H](CCCN=C(N)N)C(N)=O.O=C(O)C(F)(F)F. The van der Waals surface area contributed by atoms with E-state index >= 15 is 0 Å². The van der Waals surface area contributed by atoms with Crippen molar-refractivity contribution in [3.05, 3.63) is 36.5 Å². The minimum absolute atomic E-state index is 0.00771. The lowest BCUT2D eigenvalue weighted by Crippen LogP contribution is -2.44. The molecule has 72 heavy (non-hydrogen) atoms. The Hall–Kier alpha value is -4.90. The fourth-order valence-corrected chi connectivity index (χ4v) is 7.48. The monoisotopic (exact) mass is 1030 g/mol. The van der Waals surface area contributed by atoms with Crippen LogP contribution in [0.15, 0.2) is 41.4 Å². The smallest absolute Gasteiger partial charge is 0.475 e. The Balaban J connectivity index is 0. The largest absolute Gasteiger partial charge is 0.490 e. The molecule has 10 N–H and O–H groups in total. The molecule has 0 rings (SSSR count). The van der Waals surface area contributed by atoms with Crippen LogP contribution in [-0.2, 0) is 28.8 Å². The molecule has 0 unspecified atom stereocenters. The lowest BCUT2D eigenvalue weighted by molar-refractivity contribution is -0.192. The third-order valence-electron chi connectivity index (χ3n) is 11.7. The van der Waals surface area contributed by atoms with Gasteiger partial charge in [0.15, 0.2) is 5.96 Å². The van der Waals surface area contributed by atoms with Gasteiger partial charge in [-0.15, -0.1) is 0 Å². The molecule has 0 saturated heterocycles. The van der Waals surface area contributed by atoms with Crippen LogP contribution in [0.4, 0.5) is 13.2 Å². The predicted octanol–water partition coefficient (Wildman–Crippen LogP) is 10.1.